The number of ketones is 1. The summed E-state index contributed by atoms with van der Waals surface area (Å²) in [7, 11) is 2.84. The number of aliphatic hydroxyl groups excluding tert-OH is 1. The molecule has 0 bridgehead atoms. The zero-order valence-corrected chi connectivity index (χ0v) is 16.8. The van der Waals surface area contributed by atoms with Gasteiger partial charge in [0.1, 0.15) is 5.92 Å². The number of hydrogen-bond acceptors (Lipinski definition) is 5. The molecule has 0 saturated carbocycles. The van der Waals surface area contributed by atoms with Crippen molar-refractivity contribution in [1.29, 1.82) is 0 Å². The van der Waals surface area contributed by atoms with Crippen molar-refractivity contribution in [3.63, 3.8) is 0 Å². The van der Waals surface area contributed by atoms with E-state index in [1.165, 1.54) is 14.2 Å². The summed E-state index contributed by atoms with van der Waals surface area (Å²) in [5.41, 5.74) is 2.88. The molecule has 154 valence electrons. The van der Waals surface area contributed by atoms with Crippen LogP contribution in [0.3, 0.4) is 0 Å². The van der Waals surface area contributed by atoms with Gasteiger partial charge in [-0.1, -0.05) is 60.7 Å². The molecule has 1 unspecified atom stereocenters. The first-order valence-corrected chi connectivity index (χ1v) is 9.17. The highest BCUT2D eigenvalue weighted by atomic mass is 16.7. The molecule has 0 aliphatic rings. The lowest BCUT2D eigenvalue weighted by Gasteiger charge is -2.30. The van der Waals surface area contributed by atoms with Crippen LogP contribution >= 0.6 is 0 Å². The summed E-state index contributed by atoms with van der Waals surface area (Å²) in [6, 6.07) is 14.2. The Hall–Kier alpha value is -2.96. The van der Waals surface area contributed by atoms with Gasteiger partial charge < -0.3 is 19.7 Å². The Morgan fingerprint density at radius 2 is 1.55 bits per heavy atom. The topological polar surface area (TPSA) is 93.1 Å². The lowest BCUT2D eigenvalue weighted by atomic mass is 9.93. The molecule has 0 heterocycles. The molecule has 29 heavy (non-hydrogen) atoms. The Balaban J connectivity index is 2.22. The van der Waals surface area contributed by atoms with E-state index in [0.29, 0.717) is 17.5 Å². The highest BCUT2D eigenvalue weighted by Gasteiger charge is 2.41. The van der Waals surface area contributed by atoms with Gasteiger partial charge >= 0.3 is 5.97 Å². The Morgan fingerprint density at radius 1 is 1.00 bits per heavy atom. The molecule has 6 nitrogen and oxygen atoms in total. The van der Waals surface area contributed by atoms with Crippen LogP contribution in [0.1, 0.15) is 33.5 Å². The second-order valence-corrected chi connectivity index (χ2v) is 6.84. The van der Waals surface area contributed by atoms with Gasteiger partial charge in [-0.15, -0.1) is 0 Å². The van der Waals surface area contributed by atoms with E-state index in [1.807, 2.05) is 19.1 Å². The van der Waals surface area contributed by atoms with Gasteiger partial charge in [-0.3, -0.25) is 9.59 Å². The second-order valence-electron chi connectivity index (χ2n) is 6.84. The Morgan fingerprint density at radius 3 is 2.00 bits per heavy atom. The van der Waals surface area contributed by atoms with E-state index in [4.69, 9.17) is 14.6 Å². The van der Waals surface area contributed by atoms with E-state index < -0.39 is 17.7 Å². The van der Waals surface area contributed by atoms with E-state index in [9.17, 15) is 14.7 Å². The lowest BCUT2D eigenvalue weighted by molar-refractivity contribution is -0.176. The van der Waals surface area contributed by atoms with Gasteiger partial charge in [0.25, 0.3) is 5.79 Å². The molecular formula is C23H26O6. The summed E-state index contributed by atoms with van der Waals surface area (Å²) < 4.78 is 11.0. The minimum atomic E-state index is -1.56. The number of benzene rings is 2. The SMILES string of the molecule is C=C(O)C(CCc1ccc(C(=O)C(OC)(OC)c2ccc(C)cc2)cc1)C(=O)O. The van der Waals surface area contributed by atoms with Crippen molar-refractivity contribution in [2.45, 2.75) is 25.6 Å². The van der Waals surface area contributed by atoms with Crippen LogP contribution in [0.5, 0.6) is 0 Å². The molecule has 1 atom stereocenters. The first-order valence-electron chi connectivity index (χ1n) is 9.17. The molecular weight excluding hydrogens is 372 g/mol. The van der Waals surface area contributed by atoms with Crippen molar-refractivity contribution in [1.82, 2.24) is 0 Å². The number of carboxylic acid groups (broad SMARTS) is 1. The fourth-order valence-corrected chi connectivity index (χ4v) is 3.16. The first-order chi connectivity index (χ1) is 13.7. The van der Waals surface area contributed by atoms with Gasteiger partial charge in [-0.05, 0) is 25.3 Å². The van der Waals surface area contributed by atoms with Crippen molar-refractivity contribution >= 4 is 11.8 Å². The summed E-state index contributed by atoms with van der Waals surface area (Å²) in [4.78, 5) is 24.3. The number of hydrogen-bond donors (Lipinski definition) is 2. The largest absolute Gasteiger partial charge is 0.512 e. The van der Waals surface area contributed by atoms with E-state index in [1.54, 1.807) is 36.4 Å². The average Bonchev–Trinajstić information content (AvgIpc) is 2.70. The molecule has 6 heteroatoms. The molecule has 0 aliphatic heterocycles. The zero-order valence-electron chi connectivity index (χ0n) is 16.8. The monoisotopic (exact) mass is 398 g/mol. The van der Waals surface area contributed by atoms with Gasteiger partial charge in [0.2, 0.25) is 5.78 Å². The first kappa shape index (κ1) is 22.3. The van der Waals surface area contributed by atoms with Crippen molar-refractivity contribution in [3.05, 3.63) is 83.1 Å². The molecule has 2 aromatic carbocycles. The van der Waals surface area contributed by atoms with Gasteiger partial charge in [0.15, 0.2) is 0 Å². The van der Waals surface area contributed by atoms with Gasteiger partial charge in [-0.2, -0.15) is 0 Å². The molecule has 0 amide bonds. The smallest absolute Gasteiger partial charge is 0.314 e. The maximum absolute atomic E-state index is 13.2. The fourth-order valence-electron chi connectivity index (χ4n) is 3.16. The lowest BCUT2D eigenvalue weighted by Crippen LogP contribution is -2.40. The molecule has 2 aromatic rings. The number of Topliss-reactive ketones (excluding diaryl/α,β-unsaturated/α-hetero) is 1. The summed E-state index contributed by atoms with van der Waals surface area (Å²) in [5, 5.41) is 18.5. The summed E-state index contributed by atoms with van der Waals surface area (Å²) in [5.74, 6) is -4.41. The number of methoxy groups -OCH3 is 2. The van der Waals surface area contributed by atoms with Crippen LogP contribution in [0.15, 0.2) is 60.9 Å². The molecule has 2 rings (SSSR count). The number of aliphatic hydroxyl groups is 1. The Bertz CT molecular complexity index is 849. The van der Waals surface area contributed by atoms with Crippen LogP contribution in [-0.4, -0.2) is 36.2 Å². The zero-order chi connectivity index (χ0) is 21.6. The van der Waals surface area contributed by atoms with E-state index >= 15 is 0 Å². The maximum atomic E-state index is 13.2. The molecule has 0 fully saturated rings. The van der Waals surface area contributed by atoms with Crippen LogP contribution in [0.25, 0.3) is 0 Å². The predicted molar refractivity (Wildman–Crippen MR) is 109 cm³/mol. The molecule has 2 N–H and O–H groups in total. The highest BCUT2D eigenvalue weighted by Crippen LogP contribution is 2.31. The third kappa shape index (κ3) is 4.91. The number of carbonyl (C=O) groups excluding carboxylic acids is 1. The number of carbonyl (C=O) groups is 2. The van der Waals surface area contributed by atoms with E-state index in [0.717, 1.165) is 11.1 Å². The van der Waals surface area contributed by atoms with Crippen LogP contribution in [-0.2, 0) is 26.5 Å². The number of rotatable bonds is 10. The van der Waals surface area contributed by atoms with Crippen LogP contribution in [0.2, 0.25) is 0 Å². The van der Waals surface area contributed by atoms with Crippen molar-refractivity contribution < 1.29 is 29.3 Å². The molecule has 0 saturated heterocycles. The van der Waals surface area contributed by atoms with Crippen LogP contribution < -0.4 is 0 Å². The van der Waals surface area contributed by atoms with E-state index in [-0.39, 0.29) is 18.0 Å². The van der Waals surface area contributed by atoms with E-state index in [2.05, 4.69) is 6.58 Å². The van der Waals surface area contributed by atoms with Gasteiger partial charge in [0, 0.05) is 25.3 Å². The van der Waals surface area contributed by atoms with Crippen molar-refractivity contribution in [2.75, 3.05) is 14.2 Å². The van der Waals surface area contributed by atoms with Gasteiger partial charge in [-0.25, -0.2) is 0 Å². The highest BCUT2D eigenvalue weighted by molar-refractivity contribution is 6.02. The van der Waals surface area contributed by atoms with Crippen molar-refractivity contribution in [2.24, 2.45) is 5.92 Å². The summed E-state index contributed by atoms with van der Waals surface area (Å²) in [6.07, 6.45) is 0.629. The number of aryl methyl sites for hydroxylation is 2. The van der Waals surface area contributed by atoms with Gasteiger partial charge in [0.05, 0.1) is 5.76 Å². The minimum Gasteiger partial charge on any atom is -0.512 e. The molecule has 0 radical (unpaired) electrons. The summed E-state index contributed by atoms with van der Waals surface area (Å²) >= 11 is 0. The predicted octanol–water partition coefficient (Wildman–Crippen LogP) is 4.03. The van der Waals surface area contributed by atoms with Crippen LogP contribution in [0, 0.1) is 12.8 Å². The quantitative estimate of drug-likeness (QED) is 0.357. The average molecular weight is 398 g/mol. The molecule has 0 aliphatic carbocycles. The fraction of sp³-hybridized carbons (Fsp3) is 0.304. The Labute approximate surface area is 170 Å². The minimum absolute atomic E-state index is 0.210. The second kappa shape index (κ2) is 9.49. The van der Waals surface area contributed by atoms with Crippen molar-refractivity contribution in [3.8, 4) is 0 Å². The third-order valence-electron chi connectivity index (χ3n) is 4.94. The maximum Gasteiger partial charge on any atom is 0.314 e. The number of carboxylic acids is 1. The number of aliphatic carboxylic acids is 1. The molecule has 0 aromatic heterocycles. The third-order valence-corrected chi connectivity index (χ3v) is 4.94. The van der Waals surface area contributed by atoms with Crippen LogP contribution in [0.4, 0.5) is 0 Å². The normalized spacial score (nSPS) is 12.4. The molecule has 0 spiro atoms. The number of ether oxygens (including phenoxy) is 2. The summed E-state index contributed by atoms with van der Waals surface area (Å²) in [6.45, 7) is 5.26. The Kier molecular flexibility index (Phi) is 7.31. The standard InChI is InChI=1S/C23H26O6/c1-15-5-12-19(13-6-15)23(28-3,29-4)21(25)18-10-7-17(8-11-18)9-14-20(16(2)24)22(26)27/h5-8,10-13,20,24H,2,9,14H2,1,3-4H3,(H,26,27).